The van der Waals surface area contributed by atoms with Gasteiger partial charge in [-0.1, -0.05) is 86.2 Å². The quantitative estimate of drug-likeness (QED) is 0.390. The van der Waals surface area contributed by atoms with Gasteiger partial charge >= 0.3 is 0 Å². The number of nitrogens with one attached hydrogen (secondary N) is 2. The van der Waals surface area contributed by atoms with Gasteiger partial charge in [-0.05, 0) is 29.7 Å². The summed E-state index contributed by atoms with van der Waals surface area (Å²) in [6, 6.07) is 19.3. The minimum absolute atomic E-state index is 0.214. The van der Waals surface area contributed by atoms with Gasteiger partial charge in [0.2, 0.25) is 5.91 Å². The number of carbonyl (C=O) groups is 2. The second-order valence-corrected chi connectivity index (χ2v) is 6.19. The third kappa shape index (κ3) is 7.87. The highest BCUT2D eigenvalue weighted by atomic mass is 16.2. The van der Waals surface area contributed by atoms with E-state index in [1.807, 2.05) is 66.7 Å². The van der Waals surface area contributed by atoms with Crippen molar-refractivity contribution in [1.29, 1.82) is 0 Å². The van der Waals surface area contributed by atoms with Gasteiger partial charge in [-0.25, -0.2) is 0 Å². The van der Waals surface area contributed by atoms with Crippen molar-refractivity contribution in [3.05, 3.63) is 95.7 Å². The summed E-state index contributed by atoms with van der Waals surface area (Å²) in [5.74, 6) is -0.651. The fraction of sp³-hybridized carbons (Fsp3) is 0.167. The Labute approximate surface area is 166 Å². The minimum Gasteiger partial charge on any atom is -0.351 e. The SMILES string of the molecule is CCCCNC(=O)/C(=C/C=C/c1ccccc1)NC(=O)C=Cc1ccccc1. The molecular weight excluding hydrogens is 348 g/mol. The van der Waals surface area contributed by atoms with Crippen LogP contribution in [0.2, 0.25) is 0 Å². The van der Waals surface area contributed by atoms with Crippen molar-refractivity contribution in [1.82, 2.24) is 10.6 Å². The summed E-state index contributed by atoms with van der Waals surface area (Å²) in [6.07, 6.45) is 10.3. The Bertz CT molecular complexity index is 837. The van der Waals surface area contributed by atoms with Crippen LogP contribution in [0.3, 0.4) is 0 Å². The molecule has 0 aliphatic heterocycles. The molecular formula is C24H26N2O2. The van der Waals surface area contributed by atoms with Crippen LogP contribution in [-0.2, 0) is 9.59 Å². The molecule has 4 heteroatoms. The average molecular weight is 374 g/mol. The molecule has 28 heavy (non-hydrogen) atoms. The monoisotopic (exact) mass is 374 g/mol. The Kier molecular flexibility index (Phi) is 9.01. The molecule has 0 fully saturated rings. The molecule has 0 spiro atoms. The Morgan fingerprint density at radius 3 is 2.11 bits per heavy atom. The third-order valence-corrected chi connectivity index (χ3v) is 3.90. The van der Waals surface area contributed by atoms with Crippen LogP contribution in [0.5, 0.6) is 0 Å². The van der Waals surface area contributed by atoms with E-state index in [2.05, 4.69) is 17.6 Å². The van der Waals surface area contributed by atoms with E-state index in [0.29, 0.717) is 6.54 Å². The predicted octanol–water partition coefficient (Wildman–Crippen LogP) is 4.33. The molecule has 0 aliphatic carbocycles. The zero-order chi connectivity index (χ0) is 20.0. The second-order valence-electron chi connectivity index (χ2n) is 6.19. The topological polar surface area (TPSA) is 58.2 Å². The molecule has 2 amide bonds. The van der Waals surface area contributed by atoms with Crippen LogP contribution in [0.25, 0.3) is 12.2 Å². The number of benzene rings is 2. The predicted molar refractivity (Wildman–Crippen MR) is 115 cm³/mol. The van der Waals surface area contributed by atoms with Crippen molar-refractivity contribution in [2.75, 3.05) is 6.54 Å². The van der Waals surface area contributed by atoms with Crippen molar-refractivity contribution < 1.29 is 9.59 Å². The van der Waals surface area contributed by atoms with Crippen molar-refractivity contribution >= 4 is 24.0 Å². The standard InChI is InChI=1S/C24H26N2O2/c1-2-3-19-25-24(28)22(16-10-15-20-11-6-4-7-12-20)26-23(27)18-17-21-13-8-5-9-14-21/h4-18H,2-3,19H2,1H3,(H,25,28)(H,26,27)/b15-10+,18-17?,22-16-. The Morgan fingerprint density at radius 2 is 1.50 bits per heavy atom. The number of hydrogen-bond donors (Lipinski definition) is 2. The molecule has 0 aromatic heterocycles. The van der Waals surface area contributed by atoms with Gasteiger partial charge in [0.1, 0.15) is 5.70 Å². The Balaban J connectivity index is 2.07. The van der Waals surface area contributed by atoms with Gasteiger partial charge in [-0.3, -0.25) is 9.59 Å². The van der Waals surface area contributed by atoms with Crippen LogP contribution in [-0.4, -0.2) is 18.4 Å². The number of allylic oxidation sites excluding steroid dienone is 2. The number of amides is 2. The van der Waals surface area contributed by atoms with E-state index in [1.165, 1.54) is 6.08 Å². The van der Waals surface area contributed by atoms with Crippen molar-refractivity contribution in [3.8, 4) is 0 Å². The minimum atomic E-state index is -0.353. The van der Waals surface area contributed by atoms with Gasteiger partial charge in [0.25, 0.3) is 5.91 Å². The molecule has 0 unspecified atom stereocenters. The highest BCUT2D eigenvalue weighted by Gasteiger charge is 2.10. The van der Waals surface area contributed by atoms with Crippen molar-refractivity contribution in [2.24, 2.45) is 0 Å². The molecule has 2 aromatic rings. The van der Waals surface area contributed by atoms with Gasteiger partial charge < -0.3 is 10.6 Å². The molecule has 2 rings (SSSR count). The van der Waals surface area contributed by atoms with Crippen LogP contribution in [0, 0.1) is 0 Å². The zero-order valence-corrected chi connectivity index (χ0v) is 16.1. The van der Waals surface area contributed by atoms with Gasteiger partial charge in [0, 0.05) is 12.6 Å². The normalized spacial score (nSPS) is 11.7. The number of rotatable bonds is 9. The highest BCUT2D eigenvalue weighted by molar-refractivity contribution is 6.01. The molecule has 0 atom stereocenters. The van der Waals surface area contributed by atoms with Gasteiger partial charge in [-0.2, -0.15) is 0 Å². The molecule has 2 aromatic carbocycles. The largest absolute Gasteiger partial charge is 0.351 e. The van der Waals surface area contributed by atoms with Gasteiger partial charge in [0.15, 0.2) is 0 Å². The first-order chi connectivity index (χ1) is 13.7. The first-order valence-electron chi connectivity index (χ1n) is 9.44. The second kappa shape index (κ2) is 12.1. The lowest BCUT2D eigenvalue weighted by molar-refractivity contribution is -0.121. The van der Waals surface area contributed by atoms with E-state index in [9.17, 15) is 9.59 Å². The Hall–Kier alpha value is -3.40. The summed E-state index contributed by atoms with van der Waals surface area (Å²) in [5, 5.41) is 5.50. The lowest BCUT2D eigenvalue weighted by atomic mass is 10.2. The van der Waals surface area contributed by atoms with Gasteiger partial charge in [-0.15, -0.1) is 0 Å². The van der Waals surface area contributed by atoms with Crippen molar-refractivity contribution in [3.63, 3.8) is 0 Å². The van der Waals surface area contributed by atoms with E-state index in [4.69, 9.17) is 0 Å². The van der Waals surface area contributed by atoms with Crippen LogP contribution >= 0.6 is 0 Å². The summed E-state index contributed by atoms with van der Waals surface area (Å²) in [6.45, 7) is 2.63. The van der Waals surface area contributed by atoms with Crippen LogP contribution in [0.4, 0.5) is 0 Å². The number of unbranched alkanes of at least 4 members (excludes halogenated alkanes) is 1. The van der Waals surface area contributed by atoms with E-state index in [1.54, 1.807) is 18.2 Å². The molecule has 0 saturated carbocycles. The lowest BCUT2D eigenvalue weighted by Gasteiger charge is -2.08. The molecule has 144 valence electrons. The van der Waals surface area contributed by atoms with Crippen LogP contribution in [0.15, 0.2) is 84.6 Å². The fourth-order valence-electron chi connectivity index (χ4n) is 2.38. The van der Waals surface area contributed by atoms with Gasteiger partial charge in [0.05, 0.1) is 0 Å². The van der Waals surface area contributed by atoms with E-state index >= 15 is 0 Å². The van der Waals surface area contributed by atoms with E-state index in [-0.39, 0.29) is 17.5 Å². The van der Waals surface area contributed by atoms with Crippen molar-refractivity contribution in [2.45, 2.75) is 19.8 Å². The number of hydrogen-bond acceptors (Lipinski definition) is 2. The molecule has 0 aliphatic rings. The summed E-state index contributed by atoms with van der Waals surface area (Å²) < 4.78 is 0. The molecule has 0 heterocycles. The summed E-state index contributed by atoms with van der Waals surface area (Å²) in [7, 11) is 0. The maximum absolute atomic E-state index is 12.4. The fourth-order valence-corrected chi connectivity index (χ4v) is 2.38. The zero-order valence-electron chi connectivity index (χ0n) is 16.1. The maximum Gasteiger partial charge on any atom is 0.267 e. The average Bonchev–Trinajstić information content (AvgIpc) is 2.73. The first-order valence-corrected chi connectivity index (χ1v) is 9.44. The summed E-state index contributed by atoms with van der Waals surface area (Å²) in [5.41, 5.74) is 2.14. The number of carbonyl (C=O) groups excluding carboxylic acids is 2. The smallest absolute Gasteiger partial charge is 0.267 e. The molecule has 0 bridgehead atoms. The summed E-state index contributed by atoms with van der Waals surface area (Å²) >= 11 is 0. The molecule has 2 N–H and O–H groups in total. The first kappa shape index (κ1) is 20.9. The summed E-state index contributed by atoms with van der Waals surface area (Å²) in [4.78, 5) is 24.7. The van der Waals surface area contributed by atoms with Crippen LogP contribution in [0.1, 0.15) is 30.9 Å². The molecule has 0 saturated heterocycles. The van der Waals surface area contributed by atoms with E-state index < -0.39 is 0 Å². The third-order valence-electron chi connectivity index (χ3n) is 3.90. The lowest BCUT2D eigenvalue weighted by Crippen LogP contribution is -2.34. The molecule has 4 nitrogen and oxygen atoms in total. The maximum atomic E-state index is 12.4. The van der Waals surface area contributed by atoms with E-state index in [0.717, 1.165) is 24.0 Å². The molecule has 0 radical (unpaired) electrons. The highest BCUT2D eigenvalue weighted by Crippen LogP contribution is 2.03. The Morgan fingerprint density at radius 1 is 0.893 bits per heavy atom. The van der Waals surface area contributed by atoms with Crippen LogP contribution < -0.4 is 10.6 Å².